The summed E-state index contributed by atoms with van der Waals surface area (Å²) in [5.41, 5.74) is 1.99. The van der Waals surface area contributed by atoms with Gasteiger partial charge in [-0.3, -0.25) is 19.5 Å². The molecule has 0 aliphatic carbocycles. The minimum Gasteiger partial charge on any atom is -0.366 e. The second-order valence-electron chi connectivity index (χ2n) is 8.10. The minimum atomic E-state index is -0.377. The Kier molecular flexibility index (Phi) is 5.18. The molecule has 2 unspecified atom stereocenters. The summed E-state index contributed by atoms with van der Waals surface area (Å²) in [5.74, 6) is -0.186. The average molecular weight is 393 g/mol. The number of nitrogens with zero attached hydrogens (tertiary/aromatic N) is 3. The molecule has 0 radical (unpaired) electrons. The van der Waals surface area contributed by atoms with Gasteiger partial charge in [0, 0.05) is 19.3 Å². The van der Waals surface area contributed by atoms with Gasteiger partial charge in [-0.2, -0.15) is 0 Å². The lowest BCUT2D eigenvalue weighted by Crippen LogP contribution is -2.41. The highest BCUT2D eigenvalue weighted by molar-refractivity contribution is 6.35. The van der Waals surface area contributed by atoms with Gasteiger partial charge in [0.15, 0.2) is 0 Å². The summed E-state index contributed by atoms with van der Waals surface area (Å²) in [4.78, 5) is 34.3. The Labute approximate surface area is 169 Å². The van der Waals surface area contributed by atoms with E-state index in [1.807, 2.05) is 11.0 Å². The third kappa shape index (κ3) is 3.79. The quantitative estimate of drug-likeness (QED) is 0.747. The zero-order valence-electron chi connectivity index (χ0n) is 16.6. The van der Waals surface area contributed by atoms with Gasteiger partial charge in [-0.15, -0.1) is 0 Å². The van der Waals surface area contributed by atoms with Crippen LogP contribution in [0.1, 0.15) is 31.5 Å². The van der Waals surface area contributed by atoms with E-state index in [0.717, 1.165) is 19.5 Å². The number of aromatic nitrogens is 1. The van der Waals surface area contributed by atoms with Crippen LogP contribution in [-0.4, -0.2) is 39.7 Å². The Balaban J connectivity index is 1.75. The van der Waals surface area contributed by atoms with Gasteiger partial charge in [-0.05, 0) is 48.1 Å². The molecule has 4 rings (SSSR count). The Bertz CT molecular complexity index is 946. The van der Waals surface area contributed by atoms with Gasteiger partial charge in [-0.1, -0.05) is 32.0 Å². The van der Waals surface area contributed by atoms with Crippen LogP contribution >= 0.6 is 0 Å². The zero-order valence-corrected chi connectivity index (χ0v) is 16.6. The molecule has 0 N–H and O–H groups in total. The van der Waals surface area contributed by atoms with Crippen LogP contribution in [0.2, 0.25) is 0 Å². The molecule has 0 bridgehead atoms. The van der Waals surface area contributed by atoms with Gasteiger partial charge in [0.25, 0.3) is 11.8 Å². The number of carbonyl (C=O) groups is 2. The SMILES string of the molecule is CC1CC(C)CN(C2=C(c3ccc(F)cc3)C(=O)N(Cc3ccccn3)C2=O)C1. The largest absolute Gasteiger partial charge is 0.366 e. The lowest BCUT2D eigenvalue weighted by molar-refractivity contribution is -0.138. The minimum absolute atomic E-state index is 0.117. The van der Waals surface area contributed by atoms with E-state index in [4.69, 9.17) is 0 Å². The van der Waals surface area contributed by atoms with Crippen LogP contribution in [0.25, 0.3) is 5.57 Å². The lowest BCUT2D eigenvalue weighted by atomic mass is 9.91. The van der Waals surface area contributed by atoms with Crippen LogP contribution in [0.4, 0.5) is 4.39 Å². The number of halogens is 1. The Morgan fingerprint density at radius 1 is 1.00 bits per heavy atom. The Morgan fingerprint density at radius 3 is 2.31 bits per heavy atom. The molecule has 2 aliphatic rings. The molecular formula is C23H24FN3O2. The molecule has 6 heteroatoms. The normalized spacial score (nSPS) is 22.6. The van der Waals surface area contributed by atoms with Crippen LogP contribution in [0.3, 0.4) is 0 Å². The fraction of sp³-hybridized carbons (Fsp3) is 0.348. The first-order valence-electron chi connectivity index (χ1n) is 9.95. The van der Waals surface area contributed by atoms with Gasteiger partial charge in [0.05, 0.1) is 17.8 Å². The van der Waals surface area contributed by atoms with E-state index in [9.17, 15) is 14.0 Å². The van der Waals surface area contributed by atoms with E-state index in [1.165, 1.54) is 17.0 Å². The van der Waals surface area contributed by atoms with Crippen molar-refractivity contribution in [1.82, 2.24) is 14.8 Å². The topological polar surface area (TPSA) is 53.5 Å². The molecular weight excluding hydrogens is 369 g/mol. The second-order valence-corrected chi connectivity index (χ2v) is 8.10. The molecule has 1 aromatic carbocycles. The van der Waals surface area contributed by atoms with Crippen molar-refractivity contribution < 1.29 is 14.0 Å². The Hall–Kier alpha value is -3.02. The molecule has 5 nitrogen and oxygen atoms in total. The number of carbonyl (C=O) groups excluding carboxylic acids is 2. The summed E-state index contributed by atoms with van der Waals surface area (Å²) < 4.78 is 13.5. The second kappa shape index (κ2) is 7.78. The molecule has 29 heavy (non-hydrogen) atoms. The standard InChI is InChI=1S/C23H24FN3O2/c1-15-11-16(2)13-26(12-15)21-20(17-6-8-18(24)9-7-17)22(28)27(23(21)29)14-19-5-3-4-10-25-19/h3-10,15-16H,11-14H2,1-2H3. The van der Waals surface area contributed by atoms with Crippen molar-refractivity contribution in [2.24, 2.45) is 11.8 Å². The molecule has 150 valence electrons. The van der Waals surface area contributed by atoms with Crippen LogP contribution in [0, 0.1) is 17.7 Å². The molecule has 2 aliphatic heterocycles. The van der Waals surface area contributed by atoms with Gasteiger partial charge >= 0.3 is 0 Å². The first kappa shape index (κ1) is 19.3. The predicted molar refractivity (Wildman–Crippen MR) is 108 cm³/mol. The van der Waals surface area contributed by atoms with Crippen LogP contribution in [0.15, 0.2) is 54.4 Å². The molecule has 2 amide bonds. The van der Waals surface area contributed by atoms with Gasteiger partial charge in [0.1, 0.15) is 11.5 Å². The summed E-state index contributed by atoms with van der Waals surface area (Å²) in [6, 6.07) is 11.2. The van der Waals surface area contributed by atoms with E-state index in [1.54, 1.807) is 30.5 Å². The fourth-order valence-electron chi connectivity index (χ4n) is 4.38. The summed E-state index contributed by atoms with van der Waals surface area (Å²) in [7, 11) is 0. The van der Waals surface area contributed by atoms with Crippen molar-refractivity contribution in [1.29, 1.82) is 0 Å². The molecule has 1 saturated heterocycles. The van der Waals surface area contributed by atoms with E-state index in [-0.39, 0.29) is 24.2 Å². The zero-order chi connectivity index (χ0) is 20.5. The molecule has 2 atom stereocenters. The number of pyridine rings is 1. The number of amides is 2. The predicted octanol–water partition coefficient (Wildman–Crippen LogP) is 3.48. The van der Waals surface area contributed by atoms with Crippen molar-refractivity contribution in [2.45, 2.75) is 26.8 Å². The average Bonchev–Trinajstić information content (AvgIpc) is 2.93. The van der Waals surface area contributed by atoms with Crippen LogP contribution in [-0.2, 0) is 16.1 Å². The smallest absolute Gasteiger partial charge is 0.278 e. The third-order valence-corrected chi connectivity index (χ3v) is 5.51. The van der Waals surface area contributed by atoms with Gasteiger partial charge in [0.2, 0.25) is 0 Å². The first-order chi connectivity index (χ1) is 13.9. The van der Waals surface area contributed by atoms with Crippen molar-refractivity contribution in [3.8, 4) is 0 Å². The number of piperidine rings is 1. The van der Waals surface area contributed by atoms with Crippen LogP contribution in [0.5, 0.6) is 0 Å². The van der Waals surface area contributed by atoms with E-state index in [2.05, 4.69) is 18.8 Å². The molecule has 3 heterocycles. The lowest BCUT2D eigenvalue weighted by Gasteiger charge is -2.37. The van der Waals surface area contributed by atoms with Crippen LogP contribution < -0.4 is 0 Å². The molecule has 0 spiro atoms. The number of hydrogen-bond donors (Lipinski definition) is 0. The summed E-state index contributed by atoms with van der Waals surface area (Å²) in [6.07, 6.45) is 2.74. The number of hydrogen-bond acceptors (Lipinski definition) is 4. The van der Waals surface area contributed by atoms with E-state index < -0.39 is 0 Å². The van der Waals surface area contributed by atoms with Crippen molar-refractivity contribution in [2.75, 3.05) is 13.1 Å². The maximum Gasteiger partial charge on any atom is 0.278 e. The maximum atomic E-state index is 13.5. The first-order valence-corrected chi connectivity index (χ1v) is 9.95. The summed E-state index contributed by atoms with van der Waals surface area (Å²) >= 11 is 0. The highest BCUT2D eigenvalue weighted by atomic mass is 19.1. The fourth-order valence-corrected chi connectivity index (χ4v) is 4.38. The van der Waals surface area contributed by atoms with Gasteiger partial charge in [-0.25, -0.2) is 4.39 Å². The maximum absolute atomic E-state index is 13.5. The van der Waals surface area contributed by atoms with Crippen molar-refractivity contribution in [3.05, 3.63) is 71.4 Å². The number of likely N-dealkylation sites (tertiary alicyclic amines) is 1. The van der Waals surface area contributed by atoms with Gasteiger partial charge < -0.3 is 4.90 Å². The summed E-state index contributed by atoms with van der Waals surface area (Å²) in [5, 5.41) is 0. The van der Waals surface area contributed by atoms with Crippen molar-refractivity contribution >= 4 is 17.4 Å². The number of rotatable bonds is 4. The highest BCUT2D eigenvalue weighted by Crippen LogP contribution is 2.35. The monoisotopic (exact) mass is 393 g/mol. The van der Waals surface area contributed by atoms with E-state index in [0.29, 0.717) is 34.4 Å². The molecule has 1 fully saturated rings. The number of imide groups is 1. The molecule has 2 aromatic rings. The third-order valence-electron chi connectivity index (χ3n) is 5.51. The van der Waals surface area contributed by atoms with E-state index >= 15 is 0 Å². The molecule has 0 saturated carbocycles. The number of benzene rings is 1. The molecule has 1 aromatic heterocycles. The summed E-state index contributed by atoms with van der Waals surface area (Å²) in [6.45, 7) is 5.88. The Morgan fingerprint density at radius 2 is 1.69 bits per heavy atom. The van der Waals surface area contributed by atoms with Crippen molar-refractivity contribution in [3.63, 3.8) is 0 Å². The highest BCUT2D eigenvalue weighted by Gasteiger charge is 2.43.